The van der Waals surface area contributed by atoms with Gasteiger partial charge in [0.15, 0.2) is 6.10 Å². The van der Waals surface area contributed by atoms with Crippen LogP contribution in [-0.2, 0) is 49.5 Å². The topological polar surface area (TPSA) is 187 Å². The van der Waals surface area contributed by atoms with Gasteiger partial charge in [0.2, 0.25) is 0 Å². The van der Waals surface area contributed by atoms with Gasteiger partial charge in [0.25, 0.3) is 17.7 Å². The van der Waals surface area contributed by atoms with Gasteiger partial charge < -0.3 is 38.2 Å². The number of amides is 5. The zero-order valence-corrected chi connectivity index (χ0v) is 42.0. The van der Waals surface area contributed by atoms with Crippen LogP contribution in [0.3, 0.4) is 0 Å². The molecule has 0 bridgehead atoms. The number of likely N-dealkylation sites (tertiary alicyclic amines) is 1. The van der Waals surface area contributed by atoms with E-state index in [0.717, 1.165) is 52.6 Å². The minimum Gasteiger partial charge on any atom is -0.460 e. The summed E-state index contributed by atoms with van der Waals surface area (Å²) >= 11 is 0. The Labute approximate surface area is 412 Å². The van der Waals surface area contributed by atoms with Gasteiger partial charge in [-0.15, -0.1) is 0 Å². The maximum atomic E-state index is 16.4. The molecule has 0 aliphatic carbocycles. The van der Waals surface area contributed by atoms with E-state index >= 15 is 8.78 Å². The lowest BCUT2D eigenvalue weighted by molar-refractivity contribution is -0.161. The third-order valence-electron chi connectivity index (χ3n) is 11.7. The van der Waals surface area contributed by atoms with Crippen molar-refractivity contribution in [2.75, 3.05) is 45.9 Å². The molecule has 17 nitrogen and oxygen atoms in total. The Balaban J connectivity index is 1.58. The van der Waals surface area contributed by atoms with E-state index in [1.54, 1.807) is 72.1 Å². The largest absolute Gasteiger partial charge is 0.460 e. The molecule has 2 aliphatic rings. The van der Waals surface area contributed by atoms with Gasteiger partial charge in [-0.05, 0) is 84.1 Å². The van der Waals surface area contributed by atoms with Crippen molar-refractivity contribution in [3.8, 4) is 11.3 Å². The van der Waals surface area contributed by atoms with Crippen molar-refractivity contribution >= 4 is 41.8 Å². The van der Waals surface area contributed by atoms with Crippen molar-refractivity contribution in [3.05, 3.63) is 89.9 Å². The van der Waals surface area contributed by atoms with E-state index in [-0.39, 0.29) is 82.3 Å². The molecular formula is C51H65F3N6O11. The Morgan fingerprint density at radius 1 is 0.873 bits per heavy atom. The van der Waals surface area contributed by atoms with Gasteiger partial charge >= 0.3 is 24.1 Å². The molecule has 2 aliphatic heterocycles. The monoisotopic (exact) mass is 994 g/mol. The molecule has 71 heavy (non-hydrogen) atoms. The second-order valence-corrected chi connectivity index (χ2v) is 20.4. The van der Waals surface area contributed by atoms with Crippen molar-refractivity contribution in [1.82, 2.24) is 29.2 Å². The van der Waals surface area contributed by atoms with E-state index in [9.17, 15) is 38.0 Å². The number of hydrogen-bond donors (Lipinski definition) is 0. The standard InChI is InChI=1S/C51H65F3N6O11/c1-32(69-33(2)61)46(65)60(29-35-28-58(30-39(35)54)48(67)71-50(6,7)8)44(45-55-40(37-26-36(52)16-17-38(37)53)31-57(45)27-34-14-12-11-13-15-34)51(9,10)21-25-68-47(66)56(22-20-43(64)70-49(3,4)5)23-24-59-41(62)18-19-42(59)63/h11-19,26,31-32,35,39,44H,20-25,27-30H2,1-10H3/t32-,35-,39-,44-/m0/s1. The number of esters is 2. The van der Waals surface area contributed by atoms with Crippen molar-refractivity contribution in [2.24, 2.45) is 11.3 Å². The van der Waals surface area contributed by atoms with Gasteiger partial charge in [0.1, 0.15) is 34.8 Å². The number of aromatic nitrogens is 2. The predicted octanol–water partition coefficient (Wildman–Crippen LogP) is 7.41. The predicted molar refractivity (Wildman–Crippen MR) is 253 cm³/mol. The summed E-state index contributed by atoms with van der Waals surface area (Å²) in [7, 11) is 0. The zero-order valence-electron chi connectivity index (χ0n) is 42.0. The summed E-state index contributed by atoms with van der Waals surface area (Å²) in [4.78, 5) is 102. The minimum atomic E-state index is -1.67. The van der Waals surface area contributed by atoms with Crippen molar-refractivity contribution in [3.63, 3.8) is 0 Å². The lowest BCUT2D eigenvalue weighted by Gasteiger charge is -2.43. The van der Waals surface area contributed by atoms with Crippen molar-refractivity contribution in [2.45, 2.75) is 118 Å². The molecule has 0 N–H and O–H groups in total. The molecule has 4 atom stereocenters. The molecule has 5 amide bonds. The lowest BCUT2D eigenvalue weighted by atomic mass is 9.79. The summed E-state index contributed by atoms with van der Waals surface area (Å²) in [6.07, 6.45) is -1.37. The molecule has 0 radical (unpaired) electrons. The van der Waals surface area contributed by atoms with Crippen LogP contribution in [0.25, 0.3) is 11.3 Å². The molecule has 3 heterocycles. The Kier molecular flexibility index (Phi) is 17.9. The van der Waals surface area contributed by atoms with Crippen LogP contribution in [0, 0.1) is 23.0 Å². The summed E-state index contributed by atoms with van der Waals surface area (Å²) in [6.45, 7) is 14.3. The average Bonchev–Trinajstić information content (AvgIpc) is 3.94. The fourth-order valence-corrected chi connectivity index (χ4v) is 8.29. The van der Waals surface area contributed by atoms with Gasteiger partial charge in [0.05, 0.1) is 31.3 Å². The molecular weight excluding hydrogens is 930 g/mol. The van der Waals surface area contributed by atoms with Crippen LogP contribution in [0.2, 0.25) is 0 Å². The summed E-state index contributed by atoms with van der Waals surface area (Å²) in [6, 6.07) is 10.7. The molecule has 2 aromatic carbocycles. The number of imide groups is 1. The van der Waals surface area contributed by atoms with Crippen LogP contribution in [-0.4, -0.2) is 140 Å². The van der Waals surface area contributed by atoms with E-state index < -0.39 is 94.3 Å². The Hall–Kier alpha value is -6.73. The van der Waals surface area contributed by atoms with Crippen LogP contribution in [0.1, 0.15) is 99.5 Å². The van der Waals surface area contributed by atoms with Gasteiger partial charge in [-0.25, -0.2) is 27.7 Å². The molecule has 0 saturated carbocycles. The molecule has 1 aromatic heterocycles. The summed E-state index contributed by atoms with van der Waals surface area (Å²) < 4.78 is 70.7. The second-order valence-electron chi connectivity index (χ2n) is 20.4. The highest BCUT2D eigenvalue weighted by Gasteiger charge is 2.47. The van der Waals surface area contributed by atoms with E-state index in [0.29, 0.717) is 0 Å². The number of ether oxygens (including phenoxy) is 4. The first-order valence-corrected chi connectivity index (χ1v) is 23.5. The van der Waals surface area contributed by atoms with Crippen molar-refractivity contribution in [1.29, 1.82) is 0 Å². The highest BCUT2D eigenvalue weighted by atomic mass is 19.1. The van der Waals surface area contributed by atoms with Gasteiger partial charge in [-0.2, -0.15) is 0 Å². The molecule has 3 aromatic rings. The molecule has 20 heteroatoms. The third kappa shape index (κ3) is 15.4. The fraction of sp³-hybridized carbons (Fsp3) is 0.529. The molecule has 0 unspecified atom stereocenters. The normalized spacial score (nSPS) is 17.0. The van der Waals surface area contributed by atoms with Crippen LogP contribution in [0.5, 0.6) is 0 Å². The first kappa shape index (κ1) is 55.2. The summed E-state index contributed by atoms with van der Waals surface area (Å²) in [5, 5.41) is 0. The molecule has 1 fully saturated rings. The number of nitrogens with zero attached hydrogens (tertiary/aromatic N) is 6. The number of imidazole rings is 1. The minimum absolute atomic E-state index is 0.00766. The second kappa shape index (κ2) is 23.0. The van der Waals surface area contributed by atoms with Crippen LogP contribution in [0.15, 0.2) is 66.9 Å². The Bertz CT molecular complexity index is 2450. The lowest BCUT2D eigenvalue weighted by Crippen LogP contribution is -2.50. The molecule has 1 saturated heterocycles. The maximum absolute atomic E-state index is 16.4. The Morgan fingerprint density at radius 2 is 1.52 bits per heavy atom. The third-order valence-corrected chi connectivity index (χ3v) is 11.7. The first-order chi connectivity index (χ1) is 33.1. The van der Waals surface area contributed by atoms with E-state index in [2.05, 4.69) is 0 Å². The number of carbonyl (C=O) groups is 7. The van der Waals surface area contributed by atoms with Gasteiger partial charge in [0, 0.05) is 76.0 Å². The fourth-order valence-electron chi connectivity index (χ4n) is 8.29. The first-order valence-electron chi connectivity index (χ1n) is 23.5. The molecule has 5 rings (SSSR count). The van der Waals surface area contributed by atoms with Crippen molar-refractivity contribution < 1.29 is 65.7 Å². The van der Waals surface area contributed by atoms with E-state index in [4.69, 9.17) is 23.9 Å². The number of rotatable bonds is 19. The van der Waals surface area contributed by atoms with Crippen LogP contribution in [0.4, 0.5) is 22.8 Å². The SMILES string of the molecule is CC(=O)O[C@@H](C)C(=O)N(C[C@@H]1CN(C(=O)OC(C)(C)C)C[C@@H]1F)[C@@H](c1nc(-c2cc(F)ccc2F)cn1Cc1ccccc1)C(C)(C)CCOC(=O)N(CCC(=O)OC(C)(C)C)CCN1C(=O)C=CC1=O. The number of halogens is 3. The van der Waals surface area contributed by atoms with E-state index in [1.807, 2.05) is 18.2 Å². The number of benzene rings is 2. The highest BCUT2D eigenvalue weighted by molar-refractivity contribution is 6.12. The zero-order chi connectivity index (χ0) is 52.6. The summed E-state index contributed by atoms with van der Waals surface area (Å²) in [5.41, 5.74) is -2.41. The van der Waals surface area contributed by atoms with Crippen LogP contribution >= 0.6 is 0 Å². The number of carbonyl (C=O) groups excluding carboxylic acids is 7. The average molecular weight is 995 g/mol. The smallest absolute Gasteiger partial charge is 0.410 e. The molecule has 0 spiro atoms. The van der Waals surface area contributed by atoms with E-state index in [1.165, 1.54) is 22.9 Å². The van der Waals surface area contributed by atoms with Crippen LogP contribution < -0.4 is 0 Å². The number of hydrogen-bond acceptors (Lipinski definition) is 12. The van der Waals surface area contributed by atoms with Gasteiger partial charge in [-0.1, -0.05) is 44.2 Å². The quantitative estimate of drug-likeness (QED) is 0.0659. The maximum Gasteiger partial charge on any atom is 0.410 e. The summed E-state index contributed by atoms with van der Waals surface area (Å²) in [5.74, 6) is -5.76. The molecule has 386 valence electrons. The number of alkyl halides is 1. The van der Waals surface area contributed by atoms with Gasteiger partial charge in [-0.3, -0.25) is 28.9 Å². The Morgan fingerprint density at radius 3 is 2.14 bits per heavy atom. The highest BCUT2D eigenvalue weighted by Crippen LogP contribution is 2.44.